The molecule has 0 spiro atoms. The van der Waals surface area contributed by atoms with Crippen LogP contribution in [0.1, 0.15) is 56.5 Å². The third-order valence-corrected chi connectivity index (χ3v) is 5.10. The quantitative estimate of drug-likeness (QED) is 0.885. The van der Waals surface area contributed by atoms with E-state index < -0.39 is 0 Å². The van der Waals surface area contributed by atoms with Gasteiger partial charge in [0, 0.05) is 20.0 Å². The zero-order valence-electron chi connectivity index (χ0n) is 15.0. The molecule has 0 aliphatic carbocycles. The maximum Gasteiger partial charge on any atom is 0.236 e. The molecule has 0 radical (unpaired) electrons. The van der Waals surface area contributed by atoms with Gasteiger partial charge in [0.1, 0.15) is 0 Å². The monoisotopic (exact) mass is 344 g/mol. The lowest BCUT2D eigenvalue weighted by Crippen LogP contribution is -2.42. The second kappa shape index (κ2) is 8.43. The van der Waals surface area contributed by atoms with Crippen LogP contribution >= 0.6 is 0 Å². The zero-order valence-corrected chi connectivity index (χ0v) is 15.0. The van der Waals surface area contributed by atoms with Crippen molar-refractivity contribution < 1.29 is 9.59 Å². The molecule has 25 heavy (non-hydrogen) atoms. The Morgan fingerprint density at radius 3 is 2.72 bits per heavy atom. The number of nitrogens with one attached hydrogen (secondary N) is 1. The number of likely N-dealkylation sites (tertiary alicyclic amines) is 2. The van der Waals surface area contributed by atoms with Gasteiger partial charge in [0.15, 0.2) is 0 Å². The highest BCUT2D eigenvalue weighted by Gasteiger charge is 2.30. The predicted molar refractivity (Wildman–Crippen MR) is 95.7 cm³/mol. The number of hydrogen-bond donors (Lipinski definition) is 1. The summed E-state index contributed by atoms with van der Waals surface area (Å²) in [6.45, 7) is 5.20. The molecule has 1 aromatic rings. The van der Waals surface area contributed by atoms with E-state index in [1.165, 1.54) is 13.3 Å². The van der Waals surface area contributed by atoms with Crippen LogP contribution in [-0.4, -0.2) is 52.8 Å². The van der Waals surface area contributed by atoms with Crippen molar-refractivity contribution >= 4 is 11.8 Å². The predicted octanol–water partition coefficient (Wildman–Crippen LogP) is 1.87. The van der Waals surface area contributed by atoms with E-state index in [2.05, 4.69) is 10.2 Å². The summed E-state index contributed by atoms with van der Waals surface area (Å²) in [6, 6.07) is 6.15. The fraction of sp³-hybridized carbons (Fsp3) is 0.632. The molecule has 3 heterocycles. The Kier molecular flexibility index (Phi) is 6.02. The number of carbonyl (C=O) groups excluding carboxylic acids is 2. The maximum absolute atomic E-state index is 12.6. The van der Waals surface area contributed by atoms with Gasteiger partial charge in [-0.3, -0.25) is 19.5 Å². The van der Waals surface area contributed by atoms with Crippen LogP contribution in [-0.2, 0) is 16.1 Å². The topological polar surface area (TPSA) is 65.5 Å². The summed E-state index contributed by atoms with van der Waals surface area (Å²) < 4.78 is 0. The van der Waals surface area contributed by atoms with Gasteiger partial charge in [-0.15, -0.1) is 0 Å². The molecular formula is C19H28N4O2. The summed E-state index contributed by atoms with van der Waals surface area (Å²) in [5, 5.41) is 2.79. The highest BCUT2D eigenvalue weighted by Crippen LogP contribution is 2.30. The van der Waals surface area contributed by atoms with Crippen molar-refractivity contribution in [3.8, 4) is 0 Å². The molecular weight excluding hydrogens is 316 g/mol. The van der Waals surface area contributed by atoms with Crippen molar-refractivity contribution in [2.75, 3.05) is 26.2 Å². The van der Waals surface area contributed by atoms with Gasteiger partial charge >= 0.3 is 0 Å². The largest absolute Gasteiger partial charge is 0.351 e. The molecule has 0 bridgehead atoms. The minimum Gasteiger partial charge on any atom is -0.351 e. The molecule has 2 amide bonds. The lowest BCUT2D eigenvalue weighted by molar-refractivity contribution is -0.133. The molecule has 1 aromatic heterocycles. The Balaban J connectivity index is 1.63. The van der Waals surface area contributed by atoms with Crippen molar-refractivity contribution in [3.05, 3.63) is 29.6 Å². The first-order chi connectivity index (χ1) is 12.1. The van der Waals surface area contributed by atoms with Gasteiger partial charge in [-0.1, -0.05) is 6.07 Å². The SMILES string of the molecule is CC(=O)NCc1cccc(C2CCCN2CC(=O)N2CCCCC2)n1. The number of nitrogens with zero attached hydrogens (tertiary/aromatic N) is 3. The lowest BCUT2D eigenvalue weighted by Gasteiger charge is -2.30. The molecule has 1 unspecified atom stereocenters. The van der Waals surface area contributed by atoms with Crippen molar-refractivity contribution in [2.45, 2.75) is 51.6 Å². The first-order valence-corrected chi connectivity index (χ1v) is 9.35. The first-order valence-electron chi connectivity index (χ1n) is 9.35. The number of rotatable bonds is 5. The van der Waals surface area contributed by atoms with E-state index in [4.69, 9.17) is 4.98 Å². The summed E-state index contributed by atoms with van der Waals surface area (Å²) in [7, 11) is 0. The second-order valence-electron chi connectivity index (χ2n) is 7.03. The molecule has 2 fully saturated rings. The van der Waals surface area contributed by atoms with E-state index in [0.717, 1.165) is 56.7 Å². The summed E-state index contributed by atoms with van der Waals surface area (Å²) in [4.78, 5) is 32.7. The van der Waals surface area contributed by atoms with Crippen LogP contribution in [0.5, 0.6) is 0 Å². The number of piperidine rings is 1. The molecule has 6 heteroatoms. The van der Waals surface area contributed by atoms with Crippen molar-refractivity contribution in [1.29, 1.82) is 0 Å². The Morgan fingerprint density at radius 1 is 1.16 bits per heavy atom. The van der Waals surface area contributed by atoms with Crippen LogP contribution in [0, 0.1) is 0 Å². The van der Waals surface area contributed by atoms with Crippen LogP contribution in [0.15, 0.2) is 18.2 Å². The van der Waals surface area contributed by atoms with Gasteiger partial charge in [0.2, 0.25) is 11.8 Å². The van der Waals surface area contributed by atoms with Crippen molar-refractivity contribution in [3.63, 3.8) is 0 Å². The van der Waals surface area contributed by atoms with Crippen LogP contribution < -0.4 is 5.32 Å². The van der Waals surface area contributed by atoms with Crippen molar-refractivity contribution in [1.82, 2.24) is 20.1 Å². The first kappa shape index (κ1) is 17.9. The minimum absolute atomic E-state index is 0.0539. The molecule has 0 aromatic carbocycles. The highest BCUT2D eigenvalue weighted by atomic mass is 16.2. The number of carbonyl (C=O) groups is 2. The summed E-state index contributed by atoms with van der Waals surface area (Å²) >= 11 is 0. The molecule has 6 nitrogen and oxygen atoms in total. The van der Waals surface area contributed by atoms with E-state index in [1.807, 2.05) is 23.1 Å². The van der Waals surface area contributed by atoms with Gasteiger partial charge in [0.25, 0.3) is 0 Å². The summed E-state index contributed by atoms with van der Waals surface area (Å²) in [6.07, 6.45) is 5.62. The zero-order chi connectivity index (χ0) is 17.6. The van der Waals surface area contributed by atoms with Crippen LogP contribution in [0.4, 0.5) is 0 Å². The molecule has 2 saturated heterocycles. The maximum atomic E-state index is 12.6. The Labute approximate surface area is 149 Å². The number of aromatic nitrogens is 1. The van der Waals surface area contributed by atoms with E-state index in [9.17, 15) is 9.59 Å². The van der Waals surface area contributed by atoms with Gasteiger partial charge in [-0.25, -0.2) is 0 Å². The Hall–Kier alpha value is -1.95. The Morgan fingerprint density at radius 2 is 1.96 bits per heavy atom. The smallest absolute Gasteiger partial charge is 0.236 e. The normalized spacial score (nSPS) is 21.3. The van der Waals surface area contributed by atoms with Gasteiger partial charge in [-0.05, 0) is 50.8 Å². The summed E-state index contributed by atoms with van der Waals surface area (Å²) in [5.41, 5.74) is 1.87. The van der Waals surface area contributed by atoms with E-state index >= 15 is 0 Å². The molecule has 3 rings (SSSR count). The van der Waals surface area contributed by atoms with Gasteiger partial charge in [0.05, 0.1) is 30.5 Å². The molecule has 2 aliphatic rings. The fourth-order valence-electron chi connectivity index (χ4n) is 3.76. The number of hydrogen-bond acceptors (Lipinski definition) is 4. The molecule has 136 valence electrons. The third-order valence-electron chi connectivity index (χ3n) is 5.10. The number of pyridine rings is 1. The molecule has 2 aliphatic heterocycles. The van der Waals surface area contributed by atoms with Gasteiger partial charge in [-0.2, -0.15) is 0 Å². The highest BCUT2D eigenvalue weighted by molar-refractivity contribution is 5.78. The minimum atomic E-state index is -0.0539. The van der Waals surface area contributed by atoms with Crippen molar-refractivity contribution in [2.24, 2.45) is 0 Å². The van der Waals surface area contributed by atoms with Gasteiger partial charge < -0.3 is 10.2 Å². The third kappa shape index (κ3) is 4.78. The average Bonchev–Trinajstić information content (AvgIpc) is 3.09. The fourth-order valence-corrected chi connectivity index (χ4v) is 3.76. The van der Waals surface area contributed by atoms with Crippen LogP contribution in [0.2, 0.25) is 0 Å². The van der Waals surface area contributed by atoms with E-state index in [0.29, 0.717) is 13.1 Å². The lowest BCUT2D eigenvalue weighted by atomic mass is 10.1. The molecule has 1 atom stereocenters. The average molecular weight is 344 g/mol. The number of amides is 2. The standard InChI is InChI=1S/C19H28N4O2/c1-15(24)20-13-16-7-5-8-17(21-16)18-9-6-12-23(18)14-19(25)22-10-3-2-4-11-22/h5,7-8,18H,2-4,6,9-14H2,1H3,(H,20,24). The van der Waals surface area contributed by atoms with E-state index in [1.54, 1.807) is 0 Å². The summed E-state index contributed by atoms with van der Waals surface area (Å²) in [5.74, 6) is 0.197. The molecule has 0 saturated carbocycles. The molecule has 1 N–H and O–H groups in total. The Bertz CT molecular complexity index is 613. The van der Waals surface area contributed by atoms with E-state index in [-0.39, 0.29) is 17.9 Å². The van der Waals surface area contributed by atoms with Crippen LogP contribution in [0.25, 0.3) is 0 Å². The van der Waals surface area contributed by atoms with Crippen LogP contribution in [0.3, 0.4) is 0 Å². The second-order valence-corrected chi connectivity index (χ2v) is 7.03.